The second kappa shape index (κ2) is 7.97. The molecule has 1 fully saturated rings. The zero-order valence-electron chi connectivity index (χ0n) is 15.1. The van der Waals surface area contributed by atoms with Gasteiger partial charge in [-0.2, -0.15) is 4.31 Å². The first-order valence-corrected chi connectivity index (χ1v) is 10.1. The molecule has 26 heavy (non-hydrogen) atoms. The molecule has 0 aliphatic carbocycles. The highest BCUT2D eigenvalue weighted by molar-refractivity contribution is 7.88. The second-order valence-corrected chi connectivity index (χ2v) is 8.14. The minimum absolute atomic E-state index is 0.0458. The number of benzene rings is 2. The normalized spacial score (nSPS) is 15.7. The van der Waals surface area contributed by atoms with Gasteiger partial charge >= 0.3 is 0 Å². The molecule has 0 bridgehead atoms. The number of nitrogens with zero attached hydrogens (tertiary/aromatic N) is 2. The molecule has 0 atom stereocenters. The van der Waals surface area contributed by atoms with E-state index in [0.717, 1.165) is 11.3 Å². The van der Waals surface area contributed by atoms with Crippen molar-refractivity contribution in [2.45, 2.75) is 5.75 Å². The molecule has 6 nitrogen and oxygen atoms in total. The van der Waals surface area contributed by atoms with Crippen molar-refractivity contribution < 1.29 is 17.9 Å². The van der Waals surface area contributed by atoms with Crippen LogP contribution < -0.4 is 14.4 Å². The summed E-state index contributed by atoms with van der Waals surface area (Å²) in [5, 5.41) is 0. The number of anilines is 1. The quantitative estimate of drug-likeness (QED) is 0.775. The minimum atomic E-state index is -3.30. The van der Waals surface area contributed by atoms with Gasteiger partial charge in [-0.1, -0.05) is 30.3 Å². The van der Waals surface area contributed by atoms with Gasteiger partial charge in [-0.05, 0) is 17.7 Å². The Kier molecular flexibility index (Phi) is 5.68. The van der Waals surface area contributed by atoms with Crippen LogP contribution in [0.15, 0.2) is 48.5 Å². The van der Waals surface area contributed by atoms with E-state index in [0.29, 0.717) is 37.7 Å². The van der Waals surface area contributed by atoms with Crippen molar-refractivity contribution in [2.75, 3.05) is 45.3 Å². The van der Waals surface area contributed by atoms with Crippen LogP contribution in [0, 0.1) is 0 Å². The van der Waals surface area contributed by atoms with Crippen LogP contribution >= 0.6 is 0 Å². The summed E-state index contributed by atoms with van der Waals surface area (Å²) in [4.78, 5) is 2.16. The highest BCUT2D eigenvalue weighted by atomic mass is 32.2. The first kappa shape index (κ1) is 18.5. The number of piperazine rings is 1. The Bertz CT molecular complexity index is 832. The van der Waals surface area contributed by atoms with Gasteiger partial charge in [-0.25, -0.2) is 8.42 Å². The minimum Gasteiger partial charge on any atom is -0.493 e. The van der Waals surface area contributed by atoms with E-state index in [1.165, 1.54) is 0 Å². The molecule has 0 radical (unpaired) electrons. The summed E-state index contributed by atoms with van der Waals surface area (Å²) in [7, 11) is -0.0916. The molecular formula is C19H24N2O4S. The van der Waals surface area contributed by atoms with Crippen molar-refractivity contribution in [1.29, 1.82) is 0 Å². The summed E-state index contributed by atoms with van der Waals surface area (Å²) >= 11 is 0. The predicted molar refractivity (Wildman–Crippen MR) is 102 cm³/mol. The number of methoxy groups -OCH3 is 2. The van der Waals surface area contributed by atoms with Crippen molar-refractivity contribution in [3.63, 3.8) is 0 Å². The maximum atomic E-state index is 12.7. The van der Waals surface area contributed by atoms with Crippen molar-refractivity contribution in [3.8, 4) is 11.5 Å². The highest BCUT2D eigenvalue weighted by Crippen LogP contribution is 2.32. The molecule has 1 heterocycles. The van der Waals surface area contributed by atoms with Gasteiger partial charge in [0, 0.05) is 37.9 Å². The monoisotopic (exact) mass is 376 g/mol. The molecule has 1 aliphatic heterocycles. The predicted octanol–water partition coefficient (Wildman–Crippen LogP) is 2.36. The molecule has 0 amide bonds. The third-order valence-electron chi connectivity index (χ3n) is 4.56. The lowest BCUT2D eigenvalue weighted by atomic mass is 10.2. The van der Waals surface area contributed by atoms with Gasteiger partial charge in [0.15, 0.2) is 11.5 Å². The SMILES string of the molecule is COc1ccc(N2CCN(S(=O)(=O)Cc3ccccc3)CC2)cc1OC. The Hall–Kier alpha value is -2.25. The van der Waals surface area contributed by atoms with Crippen LogP contribution in [0.5, 0.6) is 11.5 Å². The first-order chi connectivity index (χ1) is 12.5. The Balaban J connectivity index is 1.65. The van der Waals surface area contributed by atoms with Crippen LogP contribution in [0.4, 0.5) is 5.69 Å². The number of hydrogen-bond acceptors (Lipinski definition) is 5. The summed E-state index contributed by atoms with van der Waals surface area (Å²) in [6.07, 6.45) is 0. The Labute approximate surface area is 155 Å². The molecular weight excluding hydrogens is 352 g/mol. The Morgan fingerprint density at radius 1 is 0.885 bits per heavy atom. The maximum Gasteiger partial charge on any atom is 0.218 e. The zero-order chi connectivity index (χ0) is 18.6. The molecule has 2 aromatic carbocycles. The third kappa shape index (κ3) is 4.11. The Morgan fingerprint density at radius 2 is 1.54 bits per heavy atom. The van der Waals surface area contributed by atoms with E-state index in [9.17, 15) is 8.42 Å². The fourth-order valence-corrected chi connectivity index (χ4v) is 4.64. The second-order valence-electron chi connectivity index (χ2n) is 6.17. The zero-order valence-corrected chi connectivity index (χ0v) is 15.9. The smallest absolute Gasteiger partial charge is 0.218 e. The first-order valence-electron chi connectivity index (χ1n) is 8.52. The molecule has 1 saturated heterocycles. The van der Waals surface area contributed by atoms with Crippen molar-refractivity contribution in [1.82, 2.24) is 4.31 Å². The molecule has 0 N–H and O–H groups in total. The molecule has 0 saturated carbocycles. The van der Waals surface area contributed by atoms with Crippen molar-refractivity contribution in [3.05, 3.63) is 54.1 Å². The average molecular weight is 376 g/mol. The van der Waals surface area contributed by atoms with Crippen LogP contribution in [0.25, 0.3) is 0 Å². The van der Waals surface area contributed by atoms with E-state index in [2.05, 4.69) is 4.90 Å². The van der Waals surface area contributed by atoms with Gasteiger partial charge in [0.2, 0.25) is 10.0 Å². The van der Waals surface area contributed by atoms with Crippen molar-refractivity contribution in [2.24, 2.45) is 0 Å². The van der Waals surface area contributed by atoms with Gasteiger partial charge in [0.05, 0.1) is 20.0 Å². The molecule has 2 aromatic rings. The van der Waals surface area contributed by atoms with Crippen LogP contribution in [0.1, 0.15) is 5.56 Å². The van der Waals surface area contributed by atoms with E-state index in [1.54, 1.807) is 18.5 Å². The molecule has 3 rings (SSSR count). The van der Waals surface area contributed by atoms with Gasteiger partial charge in [0.25, 0.3) is 0 Å². The van der Waals surface area contributed by atoms with E-state index >= 15 is 0 Å². The lowest BCUT2D eigenvalue weighted by Gasteiger charge is -2.35. The summed E-state index contributed by atoms with van der Waals surface area (Å²) in [6.45, 7) is 2.24. The third-order valence-corrected chi connectivity index (χ3v) is 6.41. The topological polar surface area (TPSA) is 59.1 Å². The van der Waals surface area contributed by atoms with Gasteiger partial charge < -0.3 is 14.4 Å². The van der Waals surface area contributed by atoms with Gasteiger partial charge in [-0.15, -0.1) is 0 Å². The number of ether oxygens (including phenoxy) is 2. The number of sulfonamides is 1. The summed E-state index contributed by atoms with van der Waals surface area (Å²) in [5.41, 5.74) is 1.82. The lowest BCUT2D eigenvalue weighted by Crippen LogP contribution is -2.49. The number of hydrogen-bond donors (Lipinski definition) is 0. The molecule has 0 spiro atoms. The summed E-state index contributed by atoms with van der Waals surface area (Å²) in [6, 6.07) is 15.1. The van der Waals surface area contributed by atoms with Gasteiger partial charge in [-0.3, -0.25) is 0 Å². The molecule has 0 aromatic heterocycles. The van der Waals surface area contributed by atoms with Crippen molar-refractivity contribution >= 4 is 15.7 Å². The van der Waals surface area contributed by atoms with E-state index in [4.69, 9.17) is 9.47 Å². The number of rotatable bonds is 6. The van der Waals surface area contributed by atoms with Crippen LogP contribution in [-0.2, 0) is 15.8 Å². The lowest BCUT2D eigenvalue weighted by molar-refractivity contribution is 0.354. The fourth-order valence-electron chi connectivity index (χ4n) is 3.12. The van der Waals surface area contributed by atoms with Crippen LogP contribution in [-0.4, -0.2) is 53.1 Å². The summed E-state index contributed by atoms with van der Waals surface area (Å²) in [5.74, 6) is 1.40. The Morgan fingerprint density at radius 3 is 2.15 bits per heavy atom. The van der Waals surface area contributed by atoms with E-state index in [-0.39, 0.29) is 5.75 Å². The van der Waals surface area contributed by atoms with Crippen LogP contribution in [0.3, 0.4) is 0 Å². The largest absolute Gasteiger partial charge is 0.493 e. The standard InChI is InChI=1S/C19H24N2O4S/c1-24-18-9-8-17(14-19(18)25-2)20-10-12-21(13-11-20)26(22,23)15-16-6-4-3-5-7-16/h3-9,14H,10-13,15H2,1-2H3. The average Bonchev–Trinajstić information content (AvgIpc) is 2.68. The van der Waals surface area contributed by atoms with E-state index in [1.807, 2.05) is 48.5 Å². The molecule has 140 valence electrons. The molecule has 7 heteroatoms. The van der Waals surface area contributed by atoms with Gasteiger partial charge in [0.1, 0.15) is 0 Å². The molecule has 1 aliphatic rings. The van der Waals surface area contributed by atoms with E-state index < -0.39 is 10.0 Å². The maximum absolute atomic E-state index is 12.7. The summed E-state index contributed by atoms with van der Waals surface area (Å²) < 4.78 is 37.5. The highest BCUT2D eigenvalue weighted by Gasteiger charge is 2.27. The molecule has 0 unspecified atom stereocenters. The van der Waals surface area contributed by atoms with Crippen LogP contribution in [0.2, 0.25) is 0 Å². The fraction of sp³-hybridized carbons (Fsp3) is 0.368.